The first-order valence-corrected chi connectivity index (χ1v) is 9.87. The van der Waals surface area contributed by atoms with E-state index in [9.17, 15) is 9.59 Å². The molecule has 0 atom stereocenters. The second-order valence-corrected chi connectivity index (χ2v) is 7.15. The summed E-state index contributed by atoms with van der Waals surface area (Å²) in [6, 6.07) is 22.1. The van der Waals surface area contributed by atoms with E-state index in [1.807, 2.05) is 79.7 Å². The van der Waals surface area contributed by atoms with E-state index < -0.39 is 0 Å². The van der Waals surface area contributed by atoms with Gasteiger partial charge in [0.15, 0.2) is 5.78 Å². The van der Waals surface area contributed by atoms with Crippen LogP contribution in [0.3, 0.4) is 0 Å². The second-order valence-electron chi connectivity index (χ2n) is 7.15. The minimum absolute atomic E-state index is 0.0708. The van der Waals surface area contributed by atoms with Gasteiger partial charge < -0.3 is 14.4 Å². The molecule has 0 amide bonds. The molecule has 31 heavy (non-hydrogen) atoms. The fraction of sp³-hybridized carbons (Fsp3) is 0.154. The number of para-hydroxylation sites is 1. The molecular formula is C26H25NO4. The van der Waals surface area contributed by atoms with Crippen LogP contribution in [0.1, 0.15) is 31.8 Å². The lowest BCUT2D eigenvalue weighted by Gasteiger charge is -2.12. The number of rotatable bonds is 8. The van der Waals surface area contributed by atoms with Gasteiger partial charge in [-0.3, -0.25) is 4.79 Å². The average Bonchev–Trinajstić information content (AvgIpc) is 2.81. The molecule has 5 nitrogen and oxygen atoms in total. The lowest BCUT2D eigenvalue weighted by Crippen LogP contribution is -2.08. The number of carbonyl (C=O) groups excluding carboxylic acids is 2. The number of hydrogen-bond donors (Lipinski definition) is 0. The highest BCUT2D eigenvalue weighted by atomic mass is 16.5. The van der Waals surface area contributed by atoms with Crippen LogP contribution >= 0.6 is 0 Å². The molecule has 0 saturated carbocycles. The Bertz CT molecular complexity index is 1070. The van der Waals surface area contributed by atoms with Crippen molar-refractivity contribution in [2.45, 2.75) is 6.61 Å². The highest BCUT2D eigenvalue weighted by Crippen LogP contribution is 2.22. The minimum Gasteiger partial charge on any atom is -0.488 e. The number of esters is 1. The summed E-state index contributed by atoms with van der Waals surface area (Å²) in [6.07, 6.45) is 3.32. The molecule has 0 spiro atoms. The Balaban J connectivity index is 1.67. The third kappa shape index (κ3) is 5.82. The second kappa shape index (κ2) is 10.3. The standard InChI is InChI=1S/C26H25NO4/c1-27(2)23-15-12-20(13-16-23)24(28)17-14-21-6-4-5-7-25(21)31-18-19-8-10-22(11-9-19)26(29)30-3/h4-17H,18H2,1-3H3/b17-14+. The van der Waals surface area contributed by atoms with Crippen molar-refractivity contribution in [1.29, 1.82) is 0 Å². The van der Waals surface area contributed by atoms with Crippen LogP contribution in [0.25, 0.3) is 6.08 Å². The lowest BCUT2D eigenvalue weighted by molar-refractivity contribution is 0.0600. The van der Waals surface area contributed by atoms with E-state index in [-0.39, 0.29) is 11.8 Å². The summed E-state index contributed by atoms with van der Waals surface area (Å²) < 4.78 is 10.7. The molecular weight excluding hydrogens is 390 g/mol. The topological polar surface area (TPSA) is 55.8 Å². The molecule has 0 N–H and O–H groups in total. The largest absolute Gasteiger partial charge is 0.488 e. The van der Waals surface area contributed by atoms with Gasteiger partial charge in [0.25, 0.3) is 0 Å². The normalized spacial score (nSPS) is 10.7. The Hall–Kier alpha value is -3.86. The van der Waals surface area contributed by atoms with E-state index in [2.05, 4.69) is 0 Å². The monoisotopic (exact) mass is 415 g/mol. The molecule has 0 aromatic heterocycles. The highest BCUT2D eigenvalue weighted by molar-refractivity contribution is 6.07. The molecule has 0 radical (unpaired) electrons. The smallest absolute Gasteiger partial charge is 0.337 e. The van der Waals surface area contributed by atoms with Gasteiger partial charge in [-0.1, -0.05) is 30.3 Å². The summed E-state index contributed by atoms with van der Waals surface area (Å²) in [4.78, 5) is 26.0. The molecule has 158 valence electrons. The van der Waals surface area contributed by atoms with Gasteiger partial charge in [0.05, 0.1) is 12.7 Å². The minimum atomic E-state index is -0.371. The quantitative estimate of drug-likeness (QED) is 0.294. The Morgan fingerprint density at radius 3 is 2.16 bits per heavy atom. The maximum Gasteiger partial charge on any atom is 0.337 e. The highest BCUT2D eigenvalue weighted by Gasteiger charge is 2.07. The number of ether oxygens (including phenoxy) is 2. The third-order valence-electron chi connectivity index (χ3n) is 4.77. The average molecular weight is 415 g/mol. The summed E-state index contributed by atoms with van der Waals surface area (Å²) in [7, 11) is 5.27. The number of hydrogen-bond acceptors (Lipinski definition) is 5. The van der Waals surface area contributed by atoms with E-state index >= 15 is 0 Å². The lowest BCUT2D eigenvalue weighted by atomic mass is 10.1. The van der Waals surface area contributed by atoms with Crippen molar-refractivity contribution < 1.29 is 19.1 Å². The number of nitrogens with zero attached hydrogens (tertiary/aromatic N) is 1. The van der Waals surface area contributed by atoms with Crippen LogP contribution in [0.2, 0.25) is 0 Å². The van der Waals surface area contributed by atoms with Gasteiger partial charge in [-0.25, -0.2) is 4.79 Å². The van der Waals surface area contributed by atoms with Crippen molar-refractivity contribution >= 4 is 23.5 Å². The number of carbonyl (C=O) groups is 2. The Morgan fingerprint density at radius 1 is 0.871 bits per heavy atom. The molecule has 5 heteroatoms. The molecule has 0 fully saturated rings. The summed E-state index contributed by atoms with van der Waals surface area (Å²) in [5, 5.41) is 0. The van der Waals surface area contributed by atoms with Gasteiger partial charge in [0.2, 0.25) is 0 Å². The van der Waals surface area contributed by atoms with Crippen molar-refractivity contribution in [1.82, 2.24) is 0 Å². The molecule has 0 aliphatic rings. The predicted octanol–water partition coefficient (Wildman–Crippen LogP) is 5.01. The van der Waals surface area contributed by atoms with Crippen molar-refractivity contribution in [3.63, 3.8) is 0 Å². The molecule has 0 unspecified atom stereocenters. The SMILES string of the molecule is COC(=O)c1ccc(COc2ccccc2/C=C/C(=O)c2ccc(N(C)C)cc2)cc1. The van der Waals surface area contributed by atoms with Crippen molar-refractivity contribution in [2.24, 2.45) is 0 Å². The number of anilines is 1. The van der Waals surface area contributed by atoms with Crippen LogP contribution in [0, 0.1) is 0 Å². The molecule has 0 aliphatic heterocycles. The fourth-order valence-electron chi connectivity index (χ4n) is 2.95. The first kappa shape index (κ1) is 21.8. The Morgan fingerprint density at radius 2 is 1.52 bits per heavy atom. The van der Waals surface area contributed by atoms with Crippen molar-refractivity contribution in [3.05, 3.63) is 101 Å². The zero-order valence-electron chi connectivity index (χ0n) is 17.9. The molecule has 0 saturated heterocycles. The zero-order chi connectivity index (χ0) is 22.2. The summed E-state index contributed by atoms with van der Waals surface area (Å²) in [6.45, 7) is 0.340. The van der Waals surface area contributed by atoms with E-state index in [0.29, 0.717) is 23.5 Å². The zero-order valence-corrected chi connectivity index (χ0v) is 17.9. The van der Waals surface area contributed by atoms with Gasteiger partial charge in [0, 0.05) is 30.9 Å². The van der Waals surface area contributed by atoms with E-state index in [1.54, 1.807) is 24.3 Å². The van der Waals surface area contributed by atoms with Gasteiger partial charge in [0.1, 0.15) is 12.4 Å². The number of benzene rings is 3. The summed E-state index contributed by atoms with van der Waals surface area (Å²) in [5.74, 6) is 0.231. The Labute approximate surface area is 182 Å². The molecule has 0 aliphatic carbocycles. The van der Waals surface area contributed by atoms with Crippen molar-refractivity contribution in [2.75, 3.05) is 26.1 Å². The van der Waals surface area contributed by atoms with Crippen LogP contribution in [0.5, 0.6) is 5.75 Å². The van der Waals surface area contributed by atoms with E-state index in [4.69, 9.17) is 9.47 Å². The van der Waals surface area contributed by atoms with Gasteiger partial charge in [-0.15, -0.1) is 0 Å². The van der Waals surface area contributed by atoms with E-state index in [1.165, 1.54) is 7.11 Å². The first-order chi connectivity index (χ1) is 15.0. The van der Waals surface area contributed by atoms with Crippen molar-refractivity contribution in [3.8, 4) is 5.75 Å². The van der Waals surface area contributed by atoms with Gasteiger partial charge in [-0.2, -0.15) is 0 Å². The molecule has 3 aromatic rings. The van der Waals surface area contributed by atoms with Crippen LogP contribution in [-0.2, 0) is 11.3 Å². The first-order valence-electron chi connectivity index (χ1n) is 9.87. The maximum atomic E-state index is 12.5. The molecule has 0 bridgehead atoms. The molecule has 0 heterocycles. The molecule has 3 rings (SSSR count). The van der Waals surface area contributed by atoms with Gasteiger partial charge in [-0.05, 0) is 60.2 Å². The fourth-order valence-corrected chi connectivity index (χ4v) is 2.95. The predicted molar refractivity (Wildman–Crippen MR) is 123 cm³/mol. The molecule has 3 aromatic carbocycles. The maximum absolute atomic E-state index is 12.5. The van der Waals surface area contributed by atoms with Crippen LogP contribution in [0.4, 0.5) is 5.69 Å². The summed E-state index contributed by atoms with van der Waals surface area (Å²) in [5.41, 5.74) is 3.90. The Kier molecular flexibility index (Phi) is 7.22. The third-order valence-corrected chi connectivity index (χ3v) is 4.77. The number of ketones is 1. The van der Waals surface area contributed by atoms with Crippen LogP contribution in [0.15, 0.2) is 78.9 Å². The summed E-state index contributed by atoms with van der Waals surface area (Å²) >= 11 is 0. The number of allylic oxidation sites excluding steroid dienone is 1. The van der Waals surface area contributed by atoms with E-state index in [0.717, 1.165) is 16.8 Å². The van der Waals surface area contributed by atoms with Gasteiger partial charge >= 0.3 is 5.97 Å². The van der Waals surface area contributed by atoms with Crippen LogP contribution in [-0.4, -0.2) is 33.0 Å². The van der Waals surface area contributed by atoms with Crippen LogP contribution < -0.4 is 9.64 Å². The number of methoxy groups -OCH3 is 1.